The number of anilines is 2. The topological polar surface area (TPSA) is 66.9 Å². The molecule has 0 unspecified atom stereocenters. The molecule has 7 heteroatoms. The number of amides is 1. The van der Waals surface area contributed by atoms with E-state index in [1.807, 2.05) is 24.3 Å². The van der Waals surface area contributed by atoms with Crippen LogP contribution in [0.25, 0.3) is 0 Å². The molecular weight excluding hydrogens is 367 g/mol. The molecule has 138 valence electrons. The predicted octanol–water partition coefficient (Wildman–Crippen LogP) is 4.10. The smallest absolute Gasteiger partial charge is 0.229 e. The monoisotopic (exact) mass is 384 g/mol. The van der Waals surface area contributed by atoms with Crippen molar-refractivity contribution in [3.63, 3.8) is 0 Å². The average molecular weight is 385 g/mol. The molecule has 0 aliphatic carbocycles. The number of hydrogen-bond donors (Lipinski definition) is 2. The standard InChI is InChI=1S/C20H18ClFN4O/c21-16-5-1-14(2-6-16)11-12-23-18-9-10-19(26-25-18)24-20(27)13-15-3-7-17(22)8-4-15/h1-10H,11-13H2,(H,23,25)(H,24,26,27). The maximum absolute atomic E-state index is 12.9. The van der Waals surface area contributed by atoms with Crippen molar-refractivity contribution in [2.75, 3.05) is 17.2 Å². The number of aromatic nitrogens is 2. The first kappa shape index (κ1) is 18.8. The molecule has 0 fully saturated rings. The van der Waals surface area contributed by atoms with Crippen LogP contribution in [-0.4, -0.2) is 22.6 Å². The van der Waals surface area contributed by atoms with Gasteiger partial charge in [0.1, 0.15) is 11.6 Å². The largest absolute Gasteiger partial charge is 0.368 e. The lowest BCUT2D eigenvalue weighted by molar-refractivity contribution is -0.115. The molecule has 2 aromatic carbocycles. The van der Waals surface area contributed by atoms with Crippen molar-refractivity contribution in [1.29, 1.82) is 0 Å². The summed E-state index contributed by atoms with van der Waals surface area (Å²) in [7, 11) is 0. The van der Waals surface area contributed by atoms with Crippen LogP contribution in [0.15, 0.2) is 60.7 Å². The number of hydrogen-bond acceptors (Lipinski definition) is 4. The van der Waals surface area contributed by atoms with Gasteiger partial charge in [0.25, 0.3) is 0 Å². The fourth-order valence-electron chi connectivity index (χ4n) is 2.45. The van der Waals surface area contributed by atoms with E-state index < -0.39 is 0 Å². The molecule has 0 aliphatic heterocycles. The first-order valence-corrected chi connectivity index (χ1v) is 8.82. The zero-order chi connectivity index (χ0) is 19.1. The van der Waals surface area contributed by atoms with Crippen LogP contribution in [0.2, 0.25) is 5.02 Å². The fraction of sp³-hybridized carbons (Fsp3) is 0.150. The zero-order valence-corrected chi connectivity index (χ0v) is 15.2. The van der Waals surface area contributed by atoms with E-state index in [2.05, 4.69) is 20.8 Å². The number of nitrogens with one attached hydrogen (secondary N) is 2. The van der Waals surface area contributed by atoms with Gasteiger partial charge in [-0.1, -0.05) is 35.9 Å². The minimum atomic E-state index is -0.329. The van der Waals surface area contributed by atoms with Crippen LogP contribution in [-0.2, 0) is 17.6 Å². The summed E-state index contributed by atoms with van der Waals surface area (Å²) in [5.41, 5.74) is 1.90. The molecule has 1 heterocycles. The maximum Gasteiger partial charge on any atom is 0.229 e. The van der Waals surface area contributed by atoms with Crippen molar-refractivity contribution in [3.05, 3.63) is 82.6 Å². The van der Waals surface area contributed by atoms with Crippen LogP contribution >= 0.6 is 11.6 Å². The van der Waals surface area contributed by atoms with Crippen molar-refractivity contribution >= 4 is 29.1 Å². The Morgan fingerprint density at radius 3 is 2.19 bits per heavy atom. The lowest BCUT2D eigenvalue weighted by Crippen LogP contribution is -2.16. The van der Waals surface area contributed by atoms with Gasteiger partial charge in [0.15, 0.2) is 5.82 Å². The Kier molecular flexibility index (Phi) is 6.33. The summed E-state index contributed by atoms with van der Waals surface area (Å²) in [5, 5.41) is 14.6. The summed E-state index contributed by atoms with van der Waals surface area (Å²) in [4.78, 5) is 12.0. The van der Waals surface area contributed by atoms with Gasteiger partial charge >= 0.3 is 0 Å². The van der Waals surface area contributed by atoms with Gasteiger partial charge in [-0.25, -0.2) is 4.39 Å². The molecular formula is C20H18ClFN4O. The van der Waals surface area contributed by atoms with E-state index in [1.54, 1.807) is 24.3 Å². The van der Waals surface area contributed by atoms with Crippen molar-refractivity contribution in [3.8, 4) is 0 Å². The van der Waals surface area contributed by atoms with E-state index >= 15 is 0 Å². The fourth-order valence-corrected chi connectivity index (χ4v) is 2.58. The number of carbonyl (C=O) groups is 1. The molecule has 0 aliphatic rings. The van der Waals surface area contributed by atoms with Gasteiger partial charge in [-0.15, -0.1) is 10.2 Å². The van der Waals surface area contributed by atoms with Crippen molar-refractivity contribution in [2.45, 2.75) is 12.8 Å². The molecule has 27 heavy (non-hydrogen) atoms. The third-order valence-corrected chi connectivity index (χ3v) is 4.09. The average Bonchev–Trinajstić information content (AvgIpc) is 2.67. The number of benzene rings is 2. The molecule has 0 saturated carbocycles. The molecule has 0 radical (unpaired) electrons. The second-order valence-corrected chi connectivity index (χ2v) is 6.39. The van der Waals surface area contributed by atoms with Crippen LogP contribution in [0.3, 0.4) is 0 Å². The first-order valence-electron chi connectivity index (χ1n) is 8.45. The van der Waals surface area contributed by atoms with Gasteiger partial charge in [0, 0.05) is 11.6 Å². The van der Waals surface area contributed by atoms with Crippen LogP contribution in [0, 0.1) is 5.82 Å². The number of carbonyl (C=O) groups excluding carboxylic acids is 1. The van der Waals surface area contributed by atoms with E-state index in [4.69, 9.17) is 11.6 Å². The SMILES string of the molecule is O=C(Cc1ccc(F)cc1)Nc1ccc(NCCc2ccc(Cl)cc2)nn1. The van der Waals surface area contributed by atoms with Gasteiger partial charge in [0.05, 0.1) is 6.42 Å². The number of halogens is 2. The molecule has 1 aromatic heterocycles. The van der Waals surface area contributed by atoms with Crippen molar-refractivity contribution < 1.29 is 9.18 Å². The number of nitrogens with zero attached hydrogens (tertiary/aromatic N) is 2. The molecule has 1 amide bonds. The van der Waals surface area contributed by atoms with E-state index in [9.17, 15) is 9.18 Å². The summed E-state index contributed by atoms with van der Waals surface area (Å²) >= 11 is 5.87. The van der Waals surface area contributed by atoms with Crippen LogP contribution in [0.5, 0.6) is 0 Å². The summed E-state index contributed by atoms with van der Waals surface area (Å²) in [6.07, 6.45) is 0.970. The van der Waals surface area contributed by atoms with Crippen LogP contribution < -0.4 is 10.6 Å². The van der Waals surface area contributed by atoms with Gasteiger partial charge in [-0.2, -0.15) is 0 Å². The summed E-state index contributed by atoms with van der Waals surface area (Å²) < 4.78 is 12.9. The van der Waals surface area contributed by atoms with Crippen molar-refractivity contribution in [2.24, 2.45) is 0 Å². The Bertz CT molecular complexity index is 883. The summed E-state index contributed by atoms with van der Waals surface area (Å²) in [5.74, 6) is 0.425. The second-order valence-electron chi connectivity index (χ2n) is 5.96. The molecule has 0 bridgehead atoms. The lowest BCUT2D eigenvalue weighted by Gasteiger charge is -2.07. The quantitative estimate of drug-likeness (QED) is 0.643. The molecule has 0 saturated heterocycles. The summed E-state index contributed by atoms with van der Waals surface area (Å²) in [6.45, 7) is 0.701. The molecule has 2 N–H and O–H groups in total. The van der Waals surface area contributed by atoms with Gasteiger partial charge in [-0.3, -0.25) is 4.79 Å². The highest BCUT2D eigenvalue weighted by Crippen LogP contribution is 2.11. The Labute approximate surface area is 161 Å². The van der Waals surface area contributed by atoms with E-state index in [0.29, 0.717) is 18.2 Å². The van der Waals surface area contributed by atoms with E-state index in [1.165, 1.54) is 17.7 Å². The van der Waals surface area contributed by atoms with Crippen LogP contribution in [0.1, 0.15) is 11.1 Å². The Morgan fingerprint density at radius 2 is 1.52 bits per heavy atom. The summed E-state index contributed by atoms with van der Waals surface area (Å²) in [6, 6.07) is 16.9. The highest BCUT2D eigenvalue weighted by atomic mass is 35.5. The van der Waals surface area contributed by atoms with E-state index in [-0.39, 0.29) is 18.1 Å². The number of rotatable bonds is 7. The molecule has 0 atom stereocenters. The van der Waals surface area contributed by atoms with Crippen molar-refractivity contribution in [1.82, 2.24) is 10.2 Å². The van der Waals surface area contributed by atoms with Gasteiger partial charge < -0.3 is 10.6 Å². The molecule has 3 aromatic rings. The van der Waals surface area contributed by atoms with Gasteiger partial charge in [0.2, 0.25) is 5.91 Å². The highest BCUT2D eigenvalue weighted by molar-refractivity contribution is 6.30. The maximum atomic E-state index is 12.9. The minimum absolute atomic E-state index is 0.142. The molecule has 0 spiro atoms. The van der Waals surface area contributed by atoms with Crippen LogP contribution in [0.4, 0.5) is 16.0 Å². The zero-order valence-electron chi connectivity index (χ0n) is 14.5. The molecule has 3 rings (SSSR count). The lowest BCUT2D eigenvalue weighted by atomic mass is 10.1. The Hall–Kier alpha value is -2.99. The third-order valence-electron chi connectivity index (χ3n) is 3.84. The first-order chi connectivity index (χ1) is 13.1. The van der Waals surface area contributed by atoms with Gasteiger partial charge in [-0.05, 0) is 53.9 Å². The third kappa shape index (κ3) is 6.04. The highest BCUT2D eigenvalue weighted by Gasteiger charge is 2.06. The second kappa shape index (κ2) is 9.09. The van der Waals surface area contributed by atoms with E-state index in [0.717, 1.165) is 17.0 Å². The Morgan fingerprint density at radius 1 is 0.889 bits per heavy atom. The predicted molar refractivity (Wildman–Crippen MR) is 104 cm³/mol. The Balaban J connectivity index is 1.45. The minimum Gasteiger partial charge on any atom is -0.368 e. The normalized spacial score (nSPS) is 10.4. The molecule has 5 nitrogen and oxygen atoms in total.